The number of hydrogen-bond donors (Lipinski definition) is 2. The van der Waals surface area contributed by atoms with Crippen LogP contribution in [0.3, 0.4) is 0 Å². The first-order chi connectivity index (χ1) is 14.6. The Bertz CT molecular complexity index is 1100. The fraction of sp³-hybridized carbons (Fsp3) is 0.150. The van der Waals surface area contributed by atoms with Crippen molar-refractivity contribution in [3.05, 3.63) is 77.6 Å². The zero-order valence-corrected chi connectivity index (χ0v) is 15.7. The Hall–Kier alpha value is -3.76. The number of carbonyl (C=O) groups is 2. The van der Waals surface area contributed by atoms with E-state index in [2.05, 4.69) is 15.7 Å². The molecule has 0 atom stereocenters. The summed E-state index contributed by atoms with van der Waals surface area (Å²) in [6.07, 6.45) is -2.00. The number of amides is 2. The summed E-state index contributed by atoms with van der Waals surface area (Å²) in [5.74, 6) is -3.45. The van der Waals surface area contributed by atoms with Crippen LogP contribution >= 0.6 is 0 Å². The van der Waals surface area contributed by atoms with Crippen LogP contribution in [-0.2, 0) is 11.0 Å². The van der Waals surface area contributed by atoms with Crippen molar-refractivity contribution in [3.8, 4) is 5.69 Å². The van der Waals surface area contributed by atoms with Gasteiger partial charge in [-0.2, -0.15) is 18.3 Å². The number of aromatic nitrogens is 2. The first kappa shape index (κ1) is 21.9. The van der Waals surface area contributed by atoms with Gasteiger partial charge in [-0.25, -0.2) is 13.5 Å². The molecule has 31 heavy (non-hydrogen) atoms. The number of alkyl halides is 3. The van der Waals surface area contributed by atoms with Crippen molar-refractivity contribution < 1.29 is 31.5 Å². The number of benzene rings is 2. The van der Waals surface area contributed by atoms with E-state index in [1.54, 1.807) is 6.07 Å². The molecule has 0 aliphatic carbocycles. The molecule has 3 aromatic rings. The Morgan fingerprint density at radius 2 is 1.84 bits per heavy atom. The topological polar surface area (TPSA) is 76.0 Å². The van der Waals surface area contributed by atoms with E-state index in [0.717, 1.165) is 24.3 Å². The smallest absolute Gasteiger partial charge is 0.351 e. The lowest BCUT2D eigenvalue weighted by atomic mass is 10.1. The van der Waals surface area contributed by atoms with Crippen molar-refractivity contribution in [2.45, 2.75) is 12.6 Å². The van der Waals surface area contributed by atoms with Crippen molar-refractivity contribution in [2.75, 3.05) is 11.9 Å². The Balaban J connectivity index is 1.67. The molecular weight excluding hydrogens is 423 g/mol. The summed E-state index contributed by atoms with van der Waals surface area (Å²) in [6.45, 7) is -0.225. The third-order valence-electron chi connectivity index (χ3n) is 4.16. The molecule has 0 saturated heterocycles. The van der Waals surface area contributed by atoms with Gasteiger partial charge in [0.15, 0.2) is 0 Å². The summed E-state index contributed by atoms with van der Waals surface area (Å²) in [7, 11) is 0. The maximum absolute atomic E-state index is 13.6. The lowest BCUT2D eigenvalue weighted by Gasteiger charge is -2.15. The standard InChI is InChI=1S/C20H15F5N4O2/c21-13-3-4-14(15(22)11-13)19(31)26-8-6-18(30)28-16-10-12(20(23,24)25)2-5-17(16)29-9-1-7-27-29/h1-5,7,9-11H,6,8H2,(H,26,31)(H,28,30). The van der Waals surface area contributed by atoms with Gasteiger partial charge in [0.25, 0.3) is 5.91 Å². The van der Waals surface area contributed by atoms with Gasteiger partial charge in [0.2, 0.25) is 5.91 Å². The summed E-state index contributed by atoms with van der Waals surface area (Å²) in [6, 6.07) is 6.80. The zero-order valence-electron chi connectivity index (χ0n) is 15.7. The highest BCUT2D eigenvalue weighted by Gasteiger charge is 2.31. The molecule has 0 bridgehead atoms. The van der Waals surface area contributed by atoms with Gasteiger partial charge in [-0.1, -0.05) is 0 Å². The predicted molar refractivity (Wildman–Crippen MR) is 101 cm³/mol. The summed E-state index contributed by atoms with van der Waals surface area (Å²) in [5.41, 5.74) is -1.28. The van der Waals surface area contributed by atoms with Gasteiger partial charge < -0.3 is 10.6 Å². The molecule has 2 N–H and O–H groups in total. The SMILES string of the molecule is O=C(CCNC(=O)c1ccc(F)cc1F)Nc1cc(C(F)(F)F)ccc1-n1cccn1. The molecule has 0 spiro atoms. The maximum atomic E-state index is 13.6. The maximum Gasteiger partial charge on any atom is 0.416 e. The monoisotopic (exact) mass is 438 g/mol. The molecule has 1 aromatic heterocycles. The van der Waals surface area contributed by atoms with Crippen LogP contribution in [0.25, 0.3) is 5.69 Å². The van der Waals surface area contributed by atoms with E-state index in [4.69, 9.17) is 0 Å². The number of nitrogens with one attached hydrogen (secondary N) is 2. The fourth-order valence-corrected chi connectivity index (χ4v) is 2.69. The first-order valence-corrected chi connectivity index (χ1v) is 8.89. The molecular formula is C20H15F5N4O2. The van der Waals surface area contributed by atoms with Crippen LogP contribution in [0, 0.1) is 11.6 Å². The minimum atomic E-state index is -4.62. The van der Waals surface area contributed by atoms with Gasteiger partial charge in [0, 0.05) is 31.4 Å². The van der Waals surface area contributed by atoms with Gasteiger partial charge in [-0.15, -0.1) is 0 Å². The third kappa shape index (κ3) is 5.44. The van der Waals surface area contributed by atoms with Crippen molar-refractivity contribution in [3.63, 3.8) is 0 Å². The summed E-state index contributed by atoms with van der Waals surface area (Å²) < 4.78 is 67.0. The van der Waals surface area contributed by atoms with Crippen molar-refractivity contribution >= 4 is 17.5 Å². The molecule has 2 amide bonds. The normalized spacial score (nSPS) is 11.3. The summed E-state index contributed by atoms with van der Waals surface area (Å²) in [4.78, 5) is 24.2. The first-order valence-electron chi connectivity index (χ1n) is 8.89. The molecule has 3 rings (SSSR count). The van der Waals surface area contributed by atoms with Crippen LogP contribution in [0.15, 0.2) is 54.9 Å². The zero-order chi connectivity index (χ0) is 22.6. The average Bonchev–Trinajstić information content (AvgIpc) is 3.21. The highest BCUT2D eigenvalue weighted by molar-refractivity contribution is 5.96. The quantitative estimate of drug-likeness (QED) is 0.573. The lowest BCUT2D eigenvalue weighted by molar-refractivity contribution is -0.137. The minimum Gasteiger partial charge on any atom is -0.351 e. The van der Waals surface area contributed by atoms with Crippen molar-refractivity contribution in [1.82, 2.24) is 15.1 Å². The van der Waals surface area contributed by atoms with E-state index in [1.165, 1.54) is 23.1 Å². The summed E-state index contributed by atoms with van der Waals surface area (Å²) >= 11 is 0. The number of halogens is 5. The van der Waals surface area contributed by atoms with Crippen LogP contribution in [0.2, 0.25) is 0 Å². The molecule has 0 aliphatic heterocycles. The van der Waals surface area contributed by atoms with E-state index < -0.39 is 40.8 Å². The highest BCUT2D eigenvalue weighted by atomic mass is 19.4. The molecule has 0 aliphatic rings. The van der Waals surface area contributed by atoms with E-state index in [1.807, 2.05) is 0 Å². The van der Waals surface area contributed by atoms with Crippen LogP contribution in [0.4, 0.5) is 27.6 Å². The number of anilines is 1. The highest BCUT2D eigenvalue weighted by Crippen LogP contribution is 2.33. The van der Waals surface area contributed by atoms with Crippen LogP contribution in [-0.4, -0.2) is 28.1 Å². The third-order valence-corrected chi connectivity index (χ3v) is 4.16. The Labute approximate surface area is 172 Å². The van der Waals surface area contributed by atoms with Gasteiger partial charge in [-0.05, 0) is 36.4 Å². The second-order valence-electron chi connectivity index (χ2n) is 6.36. The second kappa shape index (κ2) is 8.94. The average molecular weight is 438 g/mol. The van der Waals surface area contributed by atoms with E-state index >= 15 is 0 Å². The van der Waals surface area contributed by atoms with Gasteiger partial charge in [0.1, 0.15) is 11.6 Å². The Kier molecular flexibility index (Phi) is 6.33. The van der Waals surface area contributed by atoms with Crippen molar-refractivity contribution in [2.24, 2.45) is 0 Å². The Morgan fingerprint density at radius 1 is 1.06 bits per heavy atom. The lowest BCUT2D eigenvalue weighted by Crippen LogP contribution is -2.28. The predicted octanol–water partition coefficient (Wildman–Crippen LogP) is 3.93. The summed E-state index contributed by atoms with van der Waals surface area (Å²) in [5, 5.41) is 8.61. The fourth-order valence-electron chi connectivity index (χ4n) is 2.69. The molecule has 0 saturated carbocycles. The molecule has 162 valence electrons. The number of nitrogens with zero attached hydrogens (tertiary/aromatic N) is 2. The van der Waals surface area contributed by atoms with E-state index in [9.17, 15) is 31.5 Å². The van der Waals surface area contributed by atoms with Crippen LogP contribution < -0.4 is 10.6 Å². The minimum absolute atomic E-state index is 0.126. The number of carbonyl (C=O) groups excluding carboxylic acids is 2. The molecule has 0 unspecified atom stereocenters. The number of hydrogen-bond acceptors (Lipinski definition) is 3. The van der Waals surface area contributed by atoms with Gasteiger partial charge in [0.05, 0.1) is 22.5 Å². The molecule has 6 nitrogen and oxygen atoms in total. The molecule has 11 heteroatoms. The van der Waals surface area contributed by atoms with E-state index in [-0.39, 0.29) is 24.3 Å². The van der Waals surface area contributed by atoms with Gasteiger partial charge in [-0.3, -0.25) is 9.59 Å². The van der Waals surface area contributed by atoms with Crippen molar-refractivity contribution in [1.29, 1.82) is 0 Å². The Morgan fingerprint density at radius 3 is 2.48 bits per heavy atom. The van der Waals surface area contributed by atoms with Crippen LogP contribution in [0.1, 0.15) is 22.3 Å². The largest absolute Gasteiger partial charge is 0.416 e. The molecule has 2 aromatic carbocycles. The van der Waals surface area contributed by atoms with Gasteiger partial charge >= 0.3 is 6.18 Å². The molecule has 1 heterocycles. The number of rotatable bonds is 6. The second-order valence-corrected chi connectivity index (χ2v) is 6.36. The van der Waals surface area contributed by atoms with E-state index in [0.29, 0.717) is 6.07 Å². The molecule has 0 fully saturated rings. The van der Waals surface area contributed by atoms with Crippen LogP contribution in [0.5, 0.6) is 0 Å². The molecule has 0 radical (unpaired) electrons.